The van der Waals surface area contributed by atoms with Crippen LogP contribution in [0.25, 0.3) is 0 Å². The summed E-state index contributed by atoms with van der Waals surface area (Å²) in [7, 11) is 6.50. The van der Waals surface area contributed by atoms with Gasteiger partial charge in [-0.05, 0) is 6.92 Å². The molecule has 0 spiro atoms. The Morgan fingerprint density at radius 3 is 0.647 bits per heavy atom. The first-order chi connectivity index (χ1) is 7.24. The summed E-state index contributed by atoms with van der Waals surface area (Å²) in [5, 5.41) is 0. The summed E-state index contributed by atoms with van der Waals surface area (Å²) in [6.07, 6.45) is 0.750. The van der Waals surface area contributed by atoms with Gasteiger partial charge in [-0.3, -0.25) is 0 Å². The topological polar surface area (TPSA) is 35.5 Å². The summed E-state index contributed by atoms with van der Waals surface area (Å²) in [6, 6.07) is 0. The predicted molar refractivity (Wildman–Crippen MR) is 71.6 cm³/mol. The predicted octanol–water partition coefficient (Wildman–Crippen LogP) is 3.81. The number of hydrogen-bond donors (Lipinski definition) is 0. The van der Waals surface area contributed by atoms with Crippen molar-refractivity contribution in [2.45, 2.75) is 48.5 Å². The Morgan fingerprint density at radius 1 is 0.647 bits per heavy atom. The van der Waals surface area contributed by atoms with Gasteiger partial charge in [-0.1, -0.05) is 41.5 Å². The van der Waals surface area contributed by atoms with Gasteiger partial charge in [0.05, 0.1) is 0 Å². The van der Waals surface area contributed by atoms with Crippen molar-refractivity contribution in [1.29, 1.82) is 0 Å². The quantitative estimate of drug-likeness (QED) is 0.638. The standard InChI is InChI=1S/2C2H6O.C2H4O.3C2H6.2Ar/c2*1-3-2;1-2-3;3*1-2;;/h2*1-2H3;2H,1H3;3*1-2H3;;. The minimum Gasteiger partial charge on any atom is -0.388 e. The average Bonchev–Trinajstić information content (AvgIpc) is 2.29. The minimum atomic E-state index is 0. The Kier molecular flexibility index (Phi) is 607. The molecular formula is C12H34Ar2O3. The monoisotopic (exact) mass is 306 g/mol. The second-order valence-electron chi connectivity index (χ2n) is 1.05. The van der Waals surface area contributed by atoms with Crippen molar-refractivity contribution in [2.75, 3.05) is 28.4 Å². The smallest absolute Gasteiger partial charge is 0.116 e. The fraction of sp³-hybridized carbons (Fsp3) is 0.917. The van der Waals surface area contributed by atoms with E-state index in [1.807, 2.05) is 41.5 Å². The molecule has 0 unspecified atom stereocenters. The Hall–Kier alpha value is 2.11. The molecule has 0 radical (unpaired) electrons. The zero-order valence-electron chi connectivity index (χ0n) is 13.5. The van der Waals surface area contributed by atoms with Crippen LogP contribution in [-0.4, -0.2) is 34.7 Å². The second-order valence-corrected chi connectivity index (χ2v) is 1.05. The van der Waals surface area contributed by atoms with Gasteiger partial charge in [0.25, 0.3) is 0 Å². The zero-order chi connectivity index (χ0) is 14.1. The van der Waals surface area contributed by atoms with Crippen molar-refractivity contribution in [2.24, 2.45) is 0 Å². The van der Waals surface area contributed by atoms with E-state index in [-0.39, 0.29) is 75.5 Å². The fourth-order valence-corrected chi connectivity index (χ4v) is 0. The van der Waals surface area contributed by atoms with Gasteiger partial charge in [0.2, 0.25) is 0 Å². The summed E-state index contributed by atoms with van der Waals surface area (Å²) >= 11 is 0. The molecule has 5 heteroatoms. The molecule has 0 amide bonds. The molecule has 116 valence electrons. The van der Waals surface area contributed by atoms with Gasteiger partial charge in [0.15, 0.2) is 0 Å². The van der Waals surface area contributed by atoms with Crippen molar-refractivity contribution in [3.8, 4) is 0 Å². The Morgan fingerprint density at radius 2 is 0.647 bits per heavy atom. The molecule has 0 saturated heterocycles. The van der Waals surface area contributed by atoms with Crippen LogP contribution in [0.3, 0.4) is 0 Å². The van der Waals surface area contributed by atoms with Gasteiger partial charge in [-0.2, -0.15) is 0 Å². The first-order valence-electron chi connectivity index (χ1n) is 5.45. The van der Waals surface area contributed by atoms with Crippen LogP contribution in [0.1, 0.15) is 48.5 Å². The number of methoxy groups -OCH3 is 2. The van der Waals surface area contributed by atoms with Crippen LogP contribution >= 0.6 is 0 Å². The summed E-state index contributed by atoms with van der Waals surface area (Å²) < 4.78 is 8.50. The second kappa shape index (κ2) is 203. The van der Waals surface area contributed by atoms with Gasteiger partial charge in [0, 0.05) is 104 Å². The van der Waals surface area contributed by atoms with Crippen LogP contribution in [0.2, 0.25) is 0 Å². The normalized spacial score (nSPS) is 3.94. The van der Waals surface area contributed by atoms with Crippen molar-refractivity contribution in [1.82, 2.24) is 0 Å². The number of rotatable bonds is 0. The molecule has 0 aromatic heterocycles. The molecule has 3 nitrogen and oxygen atoms in total. The Labute approximate surface area is 170 Å². The van der Waals surface area contributed by atoms with Gasteiger partial charge < -0.3 is 14.3 Å². The third kappa shape index (κ3) is 1060. The molecule has 17 heavy (non-hydrogen) atoms. The van der Waals surface area contributed by atoms with Gasteiger partial charge >= 0.3 is 0 Å². The fourth-order valence-electron chi connectivity index (χ4n) is 0. The van der Waals surface area contributed by atoms with E-state index in [4.69, 9.17) is 4.79 Å². The molecule has 0 fully saturated rings. The summed E-state index contributed by atoms with van der Waals surface area (Å²) in [5.41, 5.74) is 0. The SMILES string of the molecule is CC.CC.CC.CC=O.COC.COC.[Ar].[Ar]. The first-order valence-corrected chi connectivity index (χ1v) is 5.45. The zero-order valence-corrected chi connectivity index (χ0v) is 14.9. The third-order valence-corrected chi connectivity index (χ3v) is 0. The molecule has 0 aliphatic heterocycles. The van der Waals surface area contributed by atoms with Crippen molar-refractivity contribution in [3.05, 3.63) is 0 Å². The maximum Gasteiger partial charge on any atom is 0.116 e. The van der Waals surface area contributed by atoms with Gasteiger partial charge in [-0.25, -0.2) is 0 Å². The van der Waals surface area contributed by atoms with E-state index < -0.39 is 0 Å². The summed E-state index contributed by atoms with van der Waals surface area (Å²) in [4.78, 5) is 8.81. The largest absolute Gasteiger partial charge is 0.388 e. The maximum absolute atomic E-state index is 8.81. The molecule has 0 aromatic carbocycles. The first kappa shape index (κ1) is 50.8. The van der Waals surface area contributed by atoms with E-state index in [1.54, 1.807) is 28.4 Å². The van der Waals surface area contributed by atoms with Crippen molar-refractivity contribution in [3.63, 3.8) is 0 Å². The summed E-state index contributed by atoms with van der Waals surface area (Å²) in [5.74, 6) is 0. The van der Waals surface area contributed by atoms with Crippen LogP contribution < -0.4 is 0 Å². The molecule has 0 N–H and O–H groups in total. The Bertz CT molecular complexity index is 38.9. The van der Waals surface area contributed by atoms with E-state index in [1.165, 1.54) is 6.92 Å². The van der Waals surface area contributed by atoms with E-state index in [0.717, 1.165) is 6.29 Å². The van der Waals surface area contributed by atoms with E-state index in [9.17, 15) is 0 Å². The van der Waals surface area contributed by atoms with Gasteiger partial charge in [0.1, 0.15) is 6.29 Å². The number of hydrogen-bond acceptors (Lipinski definition) is 3. The van der Waals surface area contributed by atoms with Crippen LogP contribution in [0.15, 0.2) is 0 Å². The summed E-state index contributed by atoms with van der Waals surface area (Å²) in [6.45, 7) is 13.4. The van der Waals surface area contributed by atoms with Crippen LogP contribution in [-0.2, 0) is 14.3 Å². The molecule has 0 saturated carbocycles. The molecule has 0 bridgehead atoms. The minimum absolute atomic E-state index is 0. The van der Waals surface area contributed by atoms with Crippen LogP contribution in [0.4, 0.5) is 0 Å². The van der Waals surface area contributed by atoms with Crippen LogP contribution in [0, 0.1) is 75.5 Å². The van der Waals surface area contributed by atoms with Crippen molar-refractivity contribution >= 4 is 6.29 Å². The number of carbonyl (C=O) groups is 1. The number of carbonyl (C=O) groups excluding carboxylic acids is 1. The van der Waals surface area contributed by atoms with E-state index in [0.29, 0.717) is 0 Å². The number of aldehydes is 1. The van der Waals surface area contributed by atoms with Gasteiger partial charge in [-0.15, -0.1) is 0 Å². The van der Waals surface area contributed by atoms with Crippen molar-refractivity contribution < 1.29 is 89.7 Å². The number of ether oxygens (including phenoxy) is 2. The average molecular weight is 306 g/mol. The van der Waals surface area contributed by atoms with Crippen LogP contribution in [0.5, 0.6) is 0 Å². The maximum atomic E-state index is 8.81. The third-order valence-electron chi connectivity index (χ3n) is 0. The van der Waals surface area contributed by atoms with E-state index in [2.05, 4.69) is 9.47 Å². The molecule has 0 atom stereocenters. The molecular weight excluding hydrogens is 272 g/mol. The molecule has 0 aliphatic carbocycles. The molecule has 0 heterocycles. The molecule has 0 rings (SSSR count). The molecule has 0 aliphatic rings. The van der Waals surface area contributed by atoms with E-state index >= 15 is 0 Å². The Balaban J connectivity index is -0.00000000943. The molecule has 0 aromatic rings.